The molecule has 29 heavy (non-hydrogen) atoms. The lowest BCUT2D eigenvalue weighted by Gasteiger charge is -2.25. The van der Waals surface area contributed by atoms with E-state index < -0.39 is 10.0 Å². The van der Waals surface area contributed by atoms with E-state index in [0.29, 0.717) is 18.8 Å². The number of fused-ring (bicyclic) bond motifs is 1. The van der Waals surface area contributed by atoms with E-state index in [1.54, 1.807) is 11.6 Å². The second-order valence-electron chi connectivity index (χ2n) is 7.76. The molecule has 2 aliphatic rings. The van der Waals surface area contributed by atoms with Gasteiger partial charge in [-0.3, -0.25) is 4.79 Å². The summed E-state index contributed by atoms with van der Waals surface area (Å²) in [5.41, 5.74) is 3.49. The smallest absolute Gasteiger partial charge is 0.272 e. The van der Waals surface area contributed by atoms with Gasteiger partial charge < -0.3 is 14.8 Å². The number of rotatable bonds is 5. The Kier molecular flexibility index (Phi) is 5.40. The summed E-state index contributed by atoms with van der Waals surface area (Å²) in [6, 6.07) is 7.44. The summed E-state index contributed by atoms with van der Waals surface area (Å²) in [7, 11) is -1.86. The van der Waals surface area contributed by atoms with Gasteiger partial charge in [-0.1, -0.05) is 12.5 Å². The Labute approximate surface area is 172 Å². The molecule has 1 aromatic heterocycles. The number of sulfonamides is 1. The number of aromatic nitrogens is 1. The molecule has 3 heterocycles. The lowest BCUT2D eigenvalue weighted by atomic mass is 10.1. The third-order valence-electron chi connectivity index (χ3n) is 5.88. The first-order valence-electron chi connectivity index (χ1n) is 10.3. The number of carbonyl (C=O) groups is 1. The van der Waals surface area contributed by atoms with E-state index in [0.717, 1.165) is 50.1 Å². The van der Waals surface area contributed by atoms with Crippen LogP contribution in [0, 0.1) is 0 Å². The van der Waals surface area contributed by atoms with E-state index in [-0.39, 0.29) is 10.8 Å². The number of benzene rings is 1. The van der Waals surface area contributed by atoms with Gasteiger partial charge in [0.2, 0.25) is 10.0 Å². The third kappa shape index (κ3) is 3.79. The van der Waals surface area contributed by atoms with E-state index in [2.05, 4.69) is 23.2 Å². The van der Waals surface area contributed by atoms with Gasteiger partial charge in [0.25, 0.3) is 5.91 Å². The largest absolute Gasteiger partial charge is 0.371 e. The highest BCUT2D eigenvalue weighted by Crippen LogP contribution is 2.31. The Morgan fingerprint density at radius 3 is 2.59 bits per heavy atom. The number of likely N-dealkylation sites (N-methyl/N-ethyl adjacent to an activating group) is 1. The van der Waals surface area contributed by atoms with Crippen LogP contribution in [0.2, 0.25) is 0 Å². The maximum absolute atomic E-state index is 12.9. The van der Waals surface area contributed by atoms with E-state index in [9.17, 15) is 13.2 Å². The highest BCUT2D eigenvalue weighted by atomic mass is 32.2. The molecule has 1 aromatic carbocycles. The molecule has 1 amide bonds. The molecule has 4 rings (SSSR count). The quantitative estimate of drug-likeness (QED) is 0.813. The SMILES string of the molecule is CCN1CCc2ccc(NC(=O)c3cc(S(=O)(=O)N4CCCCC4)cn3C)cc21. The predicted octanol–water partition coefficient (Wildman–Crippen LogP) is 2.83. The molecule has 0 bridgehead atoms. The van der Waals surface area contributed by atoms with Crippen molar-refractivity contribution in [2.75, 3.05) is 36.4 Å². The molecule has 7 nitrogen and oxygen atoms in total. The summed E-state index contributed by atoms with van der Waals surface area (Å²) in [4.78, 5) is 15.3. The first-order valence-corrected chi connectivity index (χ1v) is 11.7. The van der Waals surface area contributed by atoms with Crippen LogP contribution < -0.4 is 10.2 Å². The fourth-order valence-electron chi connectivity index (χ4n) is 4.20. The Hall–Kier alpha value is -2.32. The van der Waals surface area contributed by atoms with Gasteiger partial charge in [0.15, 0.2) is 0 Å². The van der Waals surface area contributed by atoms with Crippen molar-refractivity contribution in [3.05, 3.63) is 41.7 Å². The van der Waals surface area contributed by atoms with Crippen molar-refractivity contribution >= 4 is 27.3 Å². The van der Waals surface area contributed by atoms with Crippen LogP contribution in [-0.4, -0.2) is 49.4 Å². The molecule has 2 aromatic rings. The molecule has 0 spiro atoms. The lowest BCUT2D eigenvalue weighted by Crippen LogP contribution is -2.35. The standard InChI is InChI=1S/C21H28N4O3S/c1-3-24-12-9-16-7-8-17(13-19(16)24)22-21(26)20-14-18(15-23(20)2)29(27,28)25-10-5-4-6-11-25/h7-8,13-15H,3-6,9-12H2,1-2H3,(H,22,26). The minimum atomic E-state index is -3.56. The van der Waals surface area contributed by atoms with Crippen LogP contribution >= 0.6 is 0 Å². The summed E-state index contributed by atoms with van der Waals surface area (Å²) in [6.45, 7) is 5.14. The topological polar surface area (TPSA) is 74.7 Å². The molecule has 0 saturated carbocycles. The van der Waals surface area contributed by atoms with Crippen LogP contribution in [0.15, 0.2) is 35.4 Å². The summed E-state index contributed by atoms with van der Waals surface area (Å²) in [5.74, 6) is -0.311. The van der Waals surface area contributed by atoms with Crippen molar-refractivity contribution in [3.8, 4) is 0 Å². The number of aryl methyl sites for hydroxylation is 1. The Balaban J connectivity index is 1.54. The van der Waals surface area contributed by atoms with Crippen molar-refractivity contribution in [1.29, 1.82) is 0 Å². The van der Waals surface area contributed by atoms with Gasteiger partial charge in [-0.25, -0.2) is 8.42 Å². The van der Waals surface area contributed by atoms with E-state index >= 15 is 0 Å². The number of amides is 1. The number of piperidine rings is 1. The van der Waals surface area contributed by atoms with Crippen LogP contribution in [0.1, 0.15) is 42.2 Å². The van der Waals surface area contributed by atoms with Gasteiger partial charge >= 0.3 is 0 Å². The van der Waals surface area contributed by atoms with E-state index in [1.165, 1.54) is 22.1 Å². The summed E-state index contributed by atoms with van der Waals surface area (Å²) < 4.78 is 28.9. The minimum absolute atomic E-state index is 0.179. The van der Waals surface area contributed by atoms with Crippen molar-refractivity contribution in [3.63, 3.8) is 0 Å². The molecule has 1 saturated heterocycles. The first-order chi connectivity index (χ1) is 13.9. The van der Waals surface area contributed by atoms with Crippen LogP contribution in [0.4, 0.5) is 11.4 Å². The van der Waals surface area contributed by atoms with Crippen molar-refractivity contribution in [1.82, 2.24) is 8.87 Å². The molecule has 0 aliphatic carbocycles. The number of carbonyl (C=O) groups excluding carboxylic acids is 1. The van der Waals surface area contributed by atoms with Gasteiger partial charge in [0.1, 0.15) is 10.6 Å². The predicted molar refractivity (Wildman–Crippen MR) is 114 cm³/mol. The average molecular weight is 417 g/mol. The Morgan fingerprint density at radius 1 is 1.10 bits per heavy atom. The second kappa shape index (κ2) is 7.84. The second-order valence-corrected chi connectivity index (χ2v) is 9.70. The molecule has 8 heteroatoms. The number of anilines is 2. The van der Waals surface area contributed by atoms with Gasteiger partial charge in [-0.05, 0) is 49.9 Å². The number of nitrogens with zero attached hydrogens (tertiary/aromatic N) is 3. The normalized spacial score (nSPS) is 17.4. The Morgan fingerprint density at radius 2 is 1.86 bits per heavy atom. The molecule has 2 aliphatic heterocycles. The summed E-state index contributed by atoms with van der Waals surface area (Å²) in [5, 5.41) is 2.92. The monoisotopic (exact) mass is 416 g/mol. The fraction of sp³-hybridized carbons (Fsp3) is 0.476. The zero-order chi connectivity index (χ0) is 20.6. The third-order valence-corrected chi connectivity index (χ3v) is 7.75. The number of hydrogen-bond acceptors (Lipinski definition) is 4. The molecule has 156 valence electrons. The molecule has 0 atom stereocenters. The highest BCUT2D eigenvalue weighted by Gasteiger charge is 2.28. The molecule has 0 unspecified atom stereocenters. The van der Waals surface area contributed by atoms with Crippen LogP contribution in [0.5, 0.6) is 0 Å². The van der Waals surface area contributed by atoms with Crippen LogP contribution in [0.25, 0.3) is 0 Å². The maximum atomic E-state index is 12.9. The van der Waals surface area contributed by atoms with Crippen molar-refractivity contribution in [2.24, 2.45) is 7.05 Å². The average Bonchev–Trinajstić information content (AvgIpc) is 3.32. The van der Waals surface area contributed by atoms with Gasteiger partial charge in [0.05, 0.1) is 0 Å². The first kappa shape index (κ1) is 20.0. The zero-order valence-corrected chi connectivity index (χ0v) is 17.8. The molecule has 0 radical (unpaired) electrons. The summed E-state index contributed by atoms with van der Waals surface area (Å²) in [6.07, 6.45) is 5.37. The van der Waals surface area contributed by atoms with Crippen molar-refractivity contribution in [2.45, 2.75) is 37.5 Å². The van der Waals surface area contributed by atoms with Crippen LogP contribution in [0.3, 0.4) is 0 Å². The fourth-order valence-corrected chi connectivity index (χ4v) is 5.79. The minimum Gasteiger partial charge on any atom is -0.371 e. The zero-order valence-electron chi connectivity index (χ0n) is 17.0. The molecular formula is C21H28N4O3S. The number of nitrogens with one attached hydrogen (secondary N) is 1. The highest BCUT2D eigenvalue weighted by molar-refractivity contribution is 7.89. The van der Waals surface area contributed by atoms with Crippen LogP contribution in [-0.2, 0) is 23.5 Å². The van der Waals surface area contributed by atoms with E-state index in [1.807, 2.05) is 12.1 Å². The summed E-state index contributed by atoms with van der Waals surface area (Å²) >= 11 is 0. The maximum Gasteiger partial charge on any atom is 0.272 e. The van der Waals surface area contributed by atoms with Gasteiger partial charge in [-0.2, -0.15) is 4.31 Å². The molecule has 1 fully saturated rings. The van der Waals surface area contributed by atoms with Crippen molar-refractivity contribution < 1.29 is 13.2 Å². The molecule has 1 N–H and O–H groups in total. The van der Waals surface area contributed by atoms with E-state index in [4.69, 9.17) is 0 Å². The Bertz CT molecular complexity index is 1020. The van der Waals surface area contributed by atoms with Gasteiger partial charge in [-0.15, -0.1) is 0 Å². The lowest BCUT2D eigenvalue weighted by molar-refractivity contribution is 0.101. The van der Waals surface area contributed by atoms with Gasteiger partial charge in [0, 0.05) is 50.8 Å². The molecular weight excluding hydrogens is 388 g/mol. The number of hydrogen-bond donors (Lipinski definition) is 1.